The number of allylic oxidation sites excluding steroid dienone is 1. The highest BCUT2D eigenvalue weighted by molar-refractivity contribution is 5.87. The van der Waals surface area contributed by atoms with E-state index in [0.717, 1.165) is 11.4 Å². The Kier molecular flexibility index (Phi) is 1.81. The molecule has 3 heteroatoms. The summed E-state index contributed by atoms with van der Waals surface area (Å²) in [5.74, 6) is 0. The summed E-state index contributed by atoms with van der Waals surface area (Å²) in [5, 5.41) is 0. The average molecular weight is 198 g/mol. The summed E-state index contributed by atoms with van der Waals surface area (Å²) in [7, 11) is 0. The van der Waals surface area contributed by atoms with Gasteiger partial charge in [-0.05, 0) is 6.07 Å². The van der Waals surface area contributed by atoms with E-state index >= 15 is 0 Å². The molecule has 0 saturated heterocycles. The SMILES string of the molecule is C1=CN2C(=COCc3ccccc32)C=N1. The van der Waals surface area contributed by atoms with Crippen molar-refractivity contribution in [1.29, 1.82) is 0 Å². The Bertz CT molecular complexity index is 474. The Morgan fingerprint density at radius 2 is 2.20 bits per heavy atom. The van der Waals surface area contributed by atoms with Crippen molar-refractivity contribution in [2.75, 3.05) is 4.90 Å². The number of anilines is 1. The van der Waals surface area contributed by atoms with E-state index in [0.29, 0.717) is 6.61 Å². The van der Waals surface area contributed by atoms with Crippen LogP contribution in [0, 0.1) is 0 Å². The third-order valence-electron chi connectivity index (χ3n) is 2.48. The van der Waals surface area contributed by atoms with Crippen LogP contribution < -0.4 is 4.90 Å². The van der Waals surface area contributed by atoms with Gasteiger partial charge in [-0.3, -0.25) is 4.99 Å². The lowest BCUT2D eigenvalue weighted by molar-refractivity contribution is 0.237. The first-order valence-electron chi connectivity index (χ1n) is 4.84. The van der Waals surface area contributed by atoms with Crippen LogP contribution in [0.3, 0.4) is 0 Å². The van der Waals surface area contributed by atoms with Crippen molar-refractivity contribution >= 4 is 11.9 Å². The summed E-state index contributed by atoms with van der Waals surface area (Å²) in [4.78, 5) is 6.16. The van der Waals surface area contributed by atoms with Gasteiger partial charge in [0.25, 0.3) is 0 Å². The van der Waals surface area contributed by atoms with Gasteiger partial charge in [0.1, 0.15) is 12.9 Å². The molecule has 0 bridgehead atoms. The van der Waals surface area contributed by atoms with Crippen molar-refractivity contribution in [1.82, 2.24) is 0 Å². The minimum absolute atomic E-state index is 0.609. The maximum atomic E-state index is 5.46. The molecule has 1 aromatic carbocycles. The first-order chi connectivity index (χ1) is 7.45. The highest BCUT2D eigenvalue weighted by atomic mass is 16.5. The van der Waals surface area contributed by atoms with Crippen LogP contribution in [0.2, 0.25) is 0 Å². The van der Waals surface area contributed by atoms with E-state index in [1.54, 1.807) is 18.7 Å². The molecule has 0 fully saturated rings. The standard InChI is InChI=1S/C12H10N2O/c1-2-4-12-10(3-1)8-15-9-11-7-13-5-6-14(11)12/h1-7,9H,8H2. The first-order valence-corrected chi connectivity index (χ1v) is 4.84. The monoisotopic (exact) mass is 198 g/mol. The van der Waals surface area contributed by atoms with Gasteiger partial charge in [-0.15, -0.1) is 0 Å². The summed E-state index contributed by atoms with van der Waals surface area (Å²) in [5.41, 5.74) is 3.30. The number of nitrogens with zero attached hydrogens (tertiary/aromatic N) is 2. The van der Waals surface area contributed by atoms with Crippen LogP contribution in [0.25, 0.3) is 0 Å². The second-order valence-electron chi connectivity index (χ2n) is 3.43. The van der Waals surface area contributed by atoms with Crippen molar-refractivity contribution in [2.24, 2.45) is 4.99 Å². The van der Waals surface area contributed by atoms with Crippen LogP contribution in [0.15, 0.2) is 53.6 Å². The smallest absolute Gasteiger partial charge is 0.115 e. The van der Waals surface area contributed by atoms with Crippen LogP contribution >= 0.6 is 0 Å². The van der Waals surface area contributed by atoms with E-state index in [9.17, 15) is 0 Å². The molecule has 2 aliphatic heterocycles. The van der Waals surface area contributed by atoms with Crippen LogP contribution in [0.5, 0.6) is 0 Å². The number of ether oxygens (including phenoxy) is 1. The molecule has 3 nitrogen and oxygen atoms in total. The molecule has 1 aromatic rings. The topological polar surface area (TPSA) is 24.8 Å². The van der Waals surface area contributed by atoms with Crippen molar-refractivity contribution < 1.29 is 4.74 Å². The summed E-state index contributed by atoms with van der Waals surface area (Å²) in [6, 6.07) is 8.21. The van der Waals surface area contributed by atoms with E-state index < -0.39 is 0 Å². The lowest BCUT2D eigenvalue weighted by atomic mass is 10.1. The second-order valence-corrected chi connectivity index (χ2v) is 3.43. The highest BCUT2D eigenvalue weighted by Gasteiger charge is 2.16. The van der Waals surface area contributed by atoms with Crippen LogP contribution in [0.4, 0.5) is 5.69 Å². The predicted molar refractivity (Wildman–Crippen MR) is 59.4 cm³/mol. The summed E-state index contributed by atoms with van der Waals surface area (Å²) in [6.07, 6.45) is 7.26. The maximum absolute atomic E-state index is 5.46. The maximum Gasteiger partial charge on any atom is 0.115 e. The first kappa shape index (κ1) is 8.29. The largest absolute Gasteiger partial charge is 0.494 e. The summed E-state index contributed by atoms with van der Waals surface area (Å²) < 4.78 is 5.46. The third kappa shape index (κ3) is 1.32. The fourth-order valence-electron chi connectivity index (χ4n) is 1.76. The minimum Gasteiger partial charge on any atom is -0.494 e. The zero-order valence-corrected chi connectivity index (χ0v) is 8.13. The number of rotatable bonds is 0. The zero-order chi connectivity index (χ0) is 10.1. The lowest BCUT2D eigenvalue weighted by Crippen LogP contribution is -2.18. The van der Waals surface area contributed by atoms with E-state index in [1.165, 1.54) is 5.56 Å². The molecule has 0 aliphatic carbocycles. The van der Waals surface area contributed by atoms with Gasteiger partial charge in [0, 0.05) is 18.0 Å². The van der Waals surface area contributed by atoms with Gasteiger partial charge < -0.3 is 9.64 Å². The van der Waals surface area contributed by atoms with Crippen LogP contribution in [-0.2, 0) is 11.3 Å². The van der Waals surface area contributed by atoms with Crippen molar-refractivity contribution in [3.63, 3.8) is 0 Å². The predicted octanol–water partition coefficient (Wildman–Crippen LogP) is 2.42. The number of hydrogen-bond acceptors (Lipinski definition) is 3. The molecule has 0 spiro atoms. The quantitative estimate of drug-likeness (QED) is 0.639. The zero-order valence-electron chi connectivity index (χ0n) is 8.13. The molecule has 0 radical (unpaired) electrons. The van der Waals surface area contributed by atoms with Crippen molar-refractivity contribution in [2.45, 2.75) is 6.61 Å². The van der Waals surface area contributed by atoms with E-state index in [2.05, 4.69) is 22.0 Å². The molecule has 15 heavy (non-hydrogen) atoms. The molecule has 2 heterocycles. The van der Waals surface area contributed by atoms with Crippen LogP contribution in [-0.4, -0.2) is 6.21 Å². The molecule has 0 aromatic heterocycles. The second kappa shape index (κ2) is 3.28. The average Bonchev–Trinajstić information content (AvgIpc) is 2.48. The molecule has 2 aliphatic rings. The van der Waals surface area contributed by atoms with Gasteiger partial charge in [0.05, 0.1) is 17.6 Å². The van der Waals surface area contributed by atoms with Gasteiger partial charge in [-0.25, -0.2) is 0 Å². The molecule has 0 amide bonds. The van der Waals surface area contributed by atoms with Gasteiger partial charge in [0.2, 0.25) is 0 Å². The molecular weight excluding hydrogens is 188 g/mol. The Morgan fingerprint density at radius 1 is 1.27 bits per heavy atom. The highest BCUT2D eigenvalue weighted by Crippen LogP contribution is 2.28. The number of para-hydroxylation sites is 1. The van der Waals surface area contributed by atoms with E-state index in [-0.39, 0.29) is 0 Å². The molecular formula is C12H10N2O. The number of fused-ring (bicyclic) bond motifs is 3. The van der Waals surface area contributed by atoms with Gasteiger partial charge in [-0.1, -0.05) is 18.2 Å². The Balaban J connectivity index is 2.15. The summed E-state index contributed by atoms with van der Waals surface area (Å²) >= 11 is 0. The third-order valence-corrected chi connectivity index (χ3v) is 2.48. The van der Waals surface area contributed by atoms with Crippen molar-refractivity contribution in [3.05, 3.63) is 54.2 Å². The molecule has 74 valence electrons. The van der Waals surface area contributed by atoms with Crippen LogP contribution in [0.1, 0.15) is 5.56 Å². The molecule has 0 saturated carbocycles. The fourth-order valence-corrected chi connectivity index (χ4v) is 1.76. The molecule has 0 unspecified atom stereocenters. The Labute approximate surface area is 88.0 Å². The van der Waals surface area contributed by atoms with Gasteiger partial charge >= 0.3 is 0 Å². The lowest BCUT2D eigenvalue weighted by Gasteiger charge is -2.22. The normalized spacial score (nSPS) is 17.3. The fraction of sp³-hybridized carbons (Fsp3) is 0.0833. The minimum atomic E-state index is 0.609. The number of aliphatic imine (C=N–C) groups is 1. The van der Waals surface area contributed by atoms with Gasteiger partial charge in [-0.2, -0.15) is 0 Å². The number of benzene rings is 1. The molecule has 3 rings (SSSR count). The van der Waals surface area contributed by atoms with E-state index in [4.69, 9.17) is 4.74 Å². The Morgan fingerprint density at radius 3 is 3.20 bits per heavy atom. The van der Waals surface area contributed by atoms with E-state index in [1.807, 2.05) is 18.3 Å². The molecule has 0 atom stereocenters. The van der Waals surface area contributed by atoms with Gasteiger partial charge in [0.15, 0.2) is 0 Å². The molecule has 0 N–H and O–H groups in total. The number of hydrogen-bond donors (Lipinski definition) is 0. The summed E-state index contributed by atoms with van der Waals surface area (Å²) in [6.45, 7) is 0.609. The van der Waals surface area contributed by atoms with Crippen molar-refractivity contribution in [3.8, 4) is 0 Å². The Hall–Kier alpha value is -2.03.